The van der Waals surface area contributed by atoms with Crippen LogP contribution in [0.2, 0.25) is 0 Å². The number of amides is 1. The number of halogens is 1. The van der Waals surface area contributed by atoms with E-state index in [9.17, 15) is 17.6 Å². The van der Waals surface area contributed by atoms with Gasteiger partial charge in [0.2, 0.25) is 15.9 Å². The first-order chi connectivity index (χ1) is 13.0. The van der Waals surface area contributed by atoms with Crippen molar-refractivity contribution < 1.29 is 17.6 Å². The Bertz CT molecular complexity index is 870. The van der Waals surface area contributed by atoms with E-state index in [-0.39, 0.29) is 35.6 Å². The minimum atomic E-state index is -3.62. The molecule has 0 aliphatic carbocycles. The van der Waals surface area contributed by atoms with E-state index in [1.807, 2.05) is 0 Å². The van der Waals surface area contributed by atoms with E-state index in [4.69, 9.17) is 0 Å². The van der Waals surface area contributed by atoms with Crippen LogP contribution in [0.4, 0.5) is 4.39 Å². The van der Waals surface area contributed by atoms with Crippen molar-refractivity contribution in [2.75, 3.05) is 6.54 Å². The fraction of sp³-hybridized carbons (Fsp3) is 0.350. The lowest BCUT2D eigenvalue weighted by Crippen LogP contribution is -2.45. The molecule has 144 valence electrons. The fourth-order valence-electron chi connectivity index (χ4n) is 3.31. The minimum Gasteiger partial charge on any atom is -0.352 e. The molecule has 1 heterocycles. The molecule has 2 aromatic carbocycles. The van der Waals surface area contributed by atoms with Gasteiger partial charge in [-0.05, 0) is 42.7 Å². The van der Waals surface area contributed by atoms with Gasteiger partial charge in [-0.3, -0.25) is 4.79 Å². The van der Waals surface area contributed by atoms with E-state index < -0.39 is 10.0 Å². The summed E-state index contributed by atoms with van der Waals surface area (Å²) in [5, 5.41) is 2.79. The quantitative estimate of drug-likeness (QED) is 0.824. The third-order valence-corrected chi connectivity index (χ3v) is 6.71. The Hall–Kier alpha value is -2.25. The third-order valence-electron chi connectivity index (χ3n) is 4.75. The highest BCUT2D eigenvalue weighted by molar-refractivity contribution is 7.89. The van der Waals surface area contributed by atoms with Crippen LogP contribution in [0.15, 0.2) is 59.5 Å². The molecule has 1 saturated heterocycles. The van der Waals surface area contributed by atoms with Crippen LogP contribution >= 0.6 is 0 Å². The molecule has 0 spiro atoms. The van der Waals surface area contributed by atoms with Gasteiger partial charge in [0.1, 0.15) is 5.82 Å². The van der Waals surface area contributed by atoms with Crippen LogP contribution in [-0.2, 0) is 21.4 Å². The monoisotopic (exact) mass is 390 g/mol. The first-order valence-corrected chi connectivity index (χ1v) is 10.5. The maximum absolute atomic E-state index is 12.9. The SMILES string of the molecule is O=C(C[C@@H]1CCCCN1S(=O)(=O)c1ccccc1)NCc1ccc(F)cc1. The lowest BCUT2D eigenvalue weighted by atomic mass is 10.0. The highest BCUT2D eigenvalue weighted by atomic mass is 32.2. The topological polar surface area (TPSA) is 66.5 Å². The van der Waals surface area contributed by atoms with E-state index in [0.29, 0.717) is 13.0 Å². The van der Waals surface area contributed by atoms with Crippen LogP contribution < -0.4 is 5.32 Å². The van der Waals surface area contributed by atoms with Crippen molar-refractivity contribution in [3.05, 3.63) is 66.0 Å². The first kappa shape index (κ1) is 19.5. The van der Waals surface area contributed by atoms with Gasteiger partial charge in [0, 0.05) is 25.6 Å². The molecule has 2 aromatic rings. The van der Waals surface area contributed by atoms with Crippen molar-refractivity contribution in [1.82, 2.24) is 9.62 Å². The van der Waals surface area contributed by atoms with Gasteiger partial charge in [-0.1, -0.05) is 36.8 Å². The van der Waals surface area contributed by atoms with Crippen LogP contribution in [0.25, 0.3) is 0 Å². The van der Waals surface area contributed by atoms with Gasteiger partial charge in [0.25, 0.3) is 0 Å². The summed E-state index contributed by atoms with van der Waals surface area (Å²) in [6.07, 6.45) is 2.47. The van der Waals surface area contributed by atoms with Gasteiger partial charge in [-0.15, -0.1) is 0 Å². The zero-order chi connectivity index (χ0) is 19.3. The zero-order valence-electron chi connectivity index (χ0n) is 15.0. The third kappa shape index (κ3) is 4.93. The van der Waals surface area contributed by atoms with E-state index >= 15 is 0 Å². The van der Waals surface area contributed by atoms with Crippen molar-refractivity contribution in [3.63, 3.8) is 0 Å². The van der Waals surface area contributed by atoms with E-state index in [0.717, 1.165) is 18.4 Å². The van der Waals surface area contributed by atoms with Crippen LogP contribution in [0.3, 0.4) is 0 Å². The van der Waals surface area contributed by atoms with Crippen LogP contribution in [0.1, 0.15) is 31.2 Å². The number of nitrogens with zero attached hydrogens (tertiary/aromatic N) is 1. The molecule has 3 rings (SSSR count). The number of sulfonamides is 1. The molecule has 0 unspecified atom stereocenters. The number of piperidine rings is 1. The number of benzene rings is 2. The van der Waals surface area contributed by atoms with E-state index in [1.165, 1.54) is 16.4 Å². The number of carbonyl (C=O) groups excluding carboxylic acids is 1. The predicted molar refractivity (Wildman–Crippen MR) is 101 cm³/mol. The molecule has 5 nitrogen and oxygen atoms in total. The van der Waals surface area contributed by atoms with E-state index in [1.54, 1.807) is 42.5 Å². The normalized spacial score (nSPS) is 18.2. The van der Waals surface area contributed by atoms with Gasteiger partial charge >= 0.3 is 0 Å². The van der Waals surface area contributed by atoms with Crippen LogP contribution in [-0.4, -0.2) is 31.2 Å². The number of nitrogens with one attached hydrogen (secondary N) is 1. The number of hydrogen-bond donors (Lipinski definition) is 1. The van der Waals surface area contributed by atoms with Crippen molar-refractivity contribution in [3.8, 4) is 0 Å². The number of carbonyl (C=O) groups is 1. The van der Waals surface area contributed by atoms with Gasteiger partial charge < -0.3 is 5.32 Å². The fourth-order valence-corrected chi connectivity index (χ4v) is 5.03. The summed E-state index contributed by atoms with van der Waals surface area (Å²) in [5.74, 6) is -0.534. The summed E-state index contributed by atoms with van der Waals surface area (Å²) < 4.78 is 40.3. The van der Waals surface area contributed by atoms with Gasteiger partial charge in [-0.2, -0.15) is 4.31 Å². The lowest BCUT2D eigenvalue weighted by molar-refractivity contribution is -0.122. The summed E-state index contributed by atoms with van der Waals surface area (Å²) in [7, 11) is -3.62. The summed E-state index contributed by atoms with van der Waals surface area (Å²) in [4.78, 5) is 12.6. The number of rotatable bonds is 6. The Balaban J connectivity index is 1.65. The molecular weight excluding hydrogens is 367 g/mol. The standard InChI is InChI=1S/C20H23FN2O3S/c21-17-11-9-16(10-12-17)15-22-20(24)14-18-6-4-5-13-23(18)27(25,26)19-7-2-1-3-8-19/h1-3,7-12,18H,4-6,13-15H2,(H,22,24)/t18-/m0/s1. The summed E-state index contributed by atoms with van der Waals surface area (Å²) in [6, 6.07) is 13.9. The Morgan fingerprint density at radius 1 is 1.07 bits per heavy atom. The molecule has 27 heavy (non-hydrogen) atoms. The zero-order valence-corrected chi connectivity index (χ0v) is 15.8. The maximum atomic E-state index is 12.9. The number of hydrogen-bond acceptors (Lipinski definition) is 3. The Labute approximate surface area is 159 Å². The second kappa shape index (κ2) is 8.63. The summed E-state index contributed by atoms with van der Waals surface area (Å²) in [5.41, 5.74) is 0.794. The molecule has 0 aromatic heterocycles. The van der Waals surface area contributed by atoms with Crippen molar-refractivity contribution in [2.45, 2.75) is 43.2 Å². The Morgan fingerprint density at radius 3 is 2.48 bits per heavy atom. The van der Waals surface area contributed by atoms with Crippen molar-refractivity contribution >= 4 is 15.9 Å². The second-order valence-electron chi connectivity index (χ2n) is 6.69. The Kier molecular flexibility index (Phi) is 6.23. The maximum Gasteiger partial charge on any atom is 0.243 e. The second-order valence-corrected chi connectivity index (χ2v) is 8.58. The average Bonchev–Trinajstić information content (AvgIpc) is 2.68. The molecule has 1 fully saturated rings. The molecule has 1 N–H and O–H groups in total. The molecule has 1 aliphatic heterocycles. The smallest absolute Gasteiger partial charge is 0.243 e. The van der Waals surface area contributed by atoms with Crippen LogP contribution in [0, 0.1) is 5.82 Å². The molecule has 0 bridgehead atoms. The molecule has 0 saturated carbocycles. The summed E-state index contributed by atoms with van der Waals surface area (Å²) >= 11 is 0. The Morgan fingerprint density at radius 2 is 1.78 bits per heavy atom. The molecule has 0 radical (unpaired) electrons. The summed E-state index contributed by atoms with van der Waals surface area (Å²) in [6.45, 7) is 0.713. The molecule has 7 heteroatoms. The average molecular weight is 390 g/mol. The largest absolute Gasteiger partial charge is 0.352 e. The lowest BCUT2D eigenvalue weighted by Gasteiger charge is -2.34. The molecule has 1 aliphatic rings. The van der Waals surface area contributed by atoms with Crippen molar-refractivity contribution in [2.24, 2.45) is 0 Å². The molecular formula is C20H23FN2O3S. The van der Waals surface area contributed by atoms with Gasteiger partial charge in [-0.25, -0.2) is 12.8 Å². The molecule has 1 amide bonds. The van der Waals surface area contributed by atoms with Gasteiger partial charge in [0.05, 0.1) is 4.90 Å². The highest BCUT2D eigenvalue weighted by Crippen LogP contribution is 2.27. The van der Waals surface area contributed by atoms with E-state index in [2.05, 4.69) is 5.32 Å². The first-order valence-electron chi connectivity index (χ1n) is 9.05. The molecule has 1 atom stereocenters. The highest BCUT2D eigenvalue weighted by Gasteiger charge is 2.34. The van der Waals surface area contributed by atoms with Gasteiger partial charge in [0.15, 0.2) is 0 Å². The predicted octanol–water partition coefficient (Wildman–Crippen LogP) is 3.08. The van der Waals surface area contributed by atoms with Crippen LogP contribution in [0.5, 0.6) is 0 Å². The van der Waals surface area contributed by atoms with Crippen molar-refractivity contribution in [1.29, 1.82) is 0 Å². The minimum absolute atomic E-state index is 0.118.